The van der Waals surface area contributed by atoms with Crippen LogP contribution in [0.1, 0.15) is 23.6 Å². The molecule has 1 atom stereocenters. The molecule has 2 aromatic rings. The molecule has 2 rings (SSSR count). The van der Waals surface area contributed by atoms with Gasteiger partial charge < -0.3 is 10.4 Å². The summed E-state index contributed by atoms with van der Waals surface area (Å²) in [5.74, 6) is 5.05. The highest BCUT2D eigenvalue weighted by Gasteiger charge is 2.12. The number of hydrogen-bond donors (Lipinski definition) is 2. The molecule has 0 saturated heterocycles. The summed E-state index contributed by atoms with van der Waals surface area (Å²) in [7, 11) is 0. The van der Waals surface area contributed by atoms with E-state index in [9.17, 15) is 4.79 Å². The van der Waals surface area contributed by atoms with Crippen molar-refractivity contribution in [3.8, 4) is 11.8 Å². The van der Waals surface area contributed by atoms with E-state index in [0.717, 1.165) is 11.1 Å². The molecule has 106 valence electrons. The van der Waals surface area contributed by atoms with Crippen molar-refractivity contribution < 1.29 is 9.90 Å². The third kappa shape index (κ3) is 4.79. The van der Waals surface area contributed by atoms with Gasteiger partial charge in [0.25, 0.3) is 5.91 Å². The van der Waals surface area contributed by atoms with Crippen LogP contribution >= 0.6 is 0 Å². The lowest BCUT2D eigenvalue weighted by atomic mass is 10.0. The number of aliphatic hydroxyl groups is 1. The zero-order valence-electron chi connectivity index (χ0n) is 11.6. The predicted molar refractivity (Wildman–Crippen MR) is 82.3 cm³/mol. The molecule has 0 aromatic heterocycles. The monoisotopic (exact) mass is 279 g/mol. The number of carbonyl (C=O) groups excluding carboxylic acids is 1. The summed E-state index contributed by atoms with van der Waals surface area (Å²) in [5, 5.41) is 12.0. The highest BCUT2D eigenvalue weighted by Crippen LogP contribution is 2.15. The minimum Gasteiger partial charge on any atom is -0.396 e. The first-order valence-electron chi connectivity index (χ1n) is 6.83. The maximum atomic E-state index is 11.9. The topological polar surface area (TPSA) is 49.3 Å². The van der Waals surface area contributed by atoms with Gasteiger partial charge in [-0.3, -0.25) is 4.79 Å². The van der Waals surface area contributed by atoms with Crippen molar-refractivity contribution in [2.24, 2.45) is 0 Å². The highest BCUT2D eigenvalue weighted by atomic mass is 16.3. The van der Waals surface area contributed by atoms with Crippen LogP contribution in [0.15, 0.2) is 60.7 Å². The van der Waals surface area contributed by atoms with Crippen LogP contribution in [-0.4, -0.2) is 17.6 Å². The Morgan fingerprint density at radius 3 is 2.29 bits per heavy atom. The second-order valence-electron chi connectivity index (χ2n) is 4.57. The van der Waals surface area contributed by atoms with E-state index < -0.39 is 0 Å². The summed E-state index contributed by atoms with van der Waals surface area (Å²) in [4.78, 5) is 11.9. The molecule has 0 bridgehead atoms. The second kappa shape index (κ2) is 7.88. The molecule has 3 heteroatoms. The molecule has 0 fully saturated rings. The highest BCUT2D eigenvalue weighted by molar-refractivity contribution is 5.94. The Labute approximate surface area is 124 Å². The van der Waals surface area contributed by atoms with Gasteiger partial charge in [-0.2, -0.15) is 0 Å². The summed E-state index contributed by atoms with van der Waals surface area (Å²) in [6.07, 6.45) is 0.461. The largest absolute Gasteiger partial charge is 0.396 e. The third-order valence-corrected chi connectivity index (χ3v) is 3.02. The van der Waals surface area contributed by atoms with Crippen LogP contribution in [0, 0.1) is 11.8 Å². The minimum absolute atomic E-state index is 0.00591. The number of aliphatic hydroxyl groups excluding tert-OH is 1. The fourth-order valence-electron chi connectivity index (χ4n) is 1.98. The summed E-state index contributed by atoms with van der Waals surface area (Å²) in [6.45, 7) is 0.00591. The van der Waals surface area contributed by atoms with E-state index in [0.29, 0.717) is 6.42 Å². The average Bonchev–Trinajstić information content (AvgIpc) is 2.54. The van der Waals surface area contributed by atoms with Gasteiger partial charge in [-0.15, -0.1) is 0 Å². The molecular formula is C18H17NO2. The maximum absolute atomic E-state index is 11.9. The smallest absolute Gasteiger partial charge is 0.296 e. The molecule has 0 heterocycles. The molecule has 1 amide bonds. The van der Waals surface area contributed by atoms with Gasteiger partial charge in [-0.1, -0.05) is 54.5 Å². The van der Waals surface area contributed by atoms with Crippen LogP contribution in [0.4, 0.5) is 0 Å². The van der Waals surface area contributed by atoms with Crippen molar-refractivity contribution in [3.63, 3.8) is 0 Å². The average molecular weight is 279 g/mol. The van der Waals surface area contributed by atoms with Gasteiger partial charge in [0.2, 0.25) is 0 Å². The van der Waals surface area contributed by atoms with Gasteiger partial charge in [-0.25, -0.2) is 0 Å². The standard InChI is InChI=1S/C18H17NO2/c20-14-13-17(16-9-5-2-6-10-16)19-18(21)12-11-15-7-3-1-4-8-15/h1-10,17,20H,13-14H2,(H,19,21). The van der Waals surface area contributed by atoms with Gasteiger partial charge in [0.15, 0.2) is 0 Å². The fraction of sp³-hybridized carbons (Fsp3) is 0.167. The first kappa shape index (κ1) is 14.8. The number of benzene rings is 2. The third-order valence-electron chi connectivity index (χ3n) is 3.02. The van der Waals surface area contributed by atoms with E-state index in [-0.39, 0.29) is 18.6 Å². The molecule has 0 aliphatic carbocycles. The van der Waals surface area contributed by atoms with Crippen LogP contribution in [-0.2, 0) is 4.79 Å². The first-order valence-corrected chi connectivity index (χ1v) is 6.83. The van der Waals surface area contributed by atoms with Crippen LogP contribution in [0.25, 0.3) is 0 Å². The van der Waals surface area contributed by atoms with E-state index in [2.05, 4.69) is 17.2 Å². The lowest BCUT2D eigenvalue weighted by Crippen LogP contribution is -2.28. The molecule has 1 unspecified atom stereocenters. The van der Waals surface area contributed by atoms with Crippen molar-refractivity contribution in [2.45, 2.75) is 12.5 Å². The Morgan fingerprint density at radius 2 is 1.67 bits per heavy atom. The predicted octanol–water partition coefficient (Wildman–Crippen LogP) is 2.28. The number of nitrogens with one attached hydrogen (secondary N) is 1. The van der Waals surface area contributed by atoms with Gasteiger partial charge in [-0.05, 0) is 24.1 Å². The van der Waals surface area contributed by atoms with Crippen molar-refractivity contribution in [1.29, 1.82) is 0 Å². The summed E-state index contributed by atoms with van der Waals surface area (Å²) in [5.41, 5.74) is 1.76. The molecule has 2 aromatic carbocycles. The molecule has 2 N–H and O–H groups in total. The summed E-state index contributed by atoms with van der Waals surface area (Å²) >= 11 is 0. The van der Waals surface area contributed by atoms with Gasteiger partial charge in [0.1, 0.15) is 0 Å². The van der Waals surface area contributed by atoms with Gasteiger partial charge >= 0.3 is 0 Å². The second-order valence-corrected chi connectivity index (χ2v) is 4.57. The van der Waals surface area contributed by atoms with Crippen LogP contribution in [0.3, 0.4) is 0 Å². The van der Waals surface area contributed by atoms with E-state index in [4.69, 9.17) is 5.11 Å². The molecule has 0 saturated carbocycles. The van der Waals surface area contributed by atoms with E-state index in [1.54, 1.807) is 0 Å². The normalized spacial score (nSPS) is 11.1. The quantitative estimate of drug-likeness (QED) is 0.844. The molecule has 0 spiro atoms. The van der Waals surface area contributed by atoms with Crippen molar-refractivity contribution >= 4 is 5.91 Å². The number of rotatable bonds is 4. The Kier molecular flexibility index (Phi) is 5.57. The molecule has 0 radical (unpaired) electrons. The number of amides is 1. The SMILES string of the molecule is O=C(C#Cc1ccccc1)NC(CCO)c1ccccc1. The van der Waals surface area contributed by atoms with Crippen molar-refractivity contribution in [1.82, 2.24) is 5.32 Å². The van der Waals surface area contributed by atoms with Crippen LogP contribution in [0.2, 0.25) is 0 Å². The molecular weight excluding hydrogens is 262 g/mol. The zero-order valence-corrected chi connectivity index (χ0v) is 11.6. The van der Waals surface area contributed by atoms with Crippen molar-refractivity contribution in [2.75, 3.05) is 6.61 Å². The van der Waals surface area contributed by atoms with Gasteiger partial charge in [0.05, 0.1) is 6.04 Å². The first-order chi connectivity index (χ1) is 10.3. The summed E-state index contributed by atoms with van der Waals surface area (Å²) < 4.78 is 0. The molecule has 0 aliphatic heterocycles. The van der Waals surface area contributed by atoms with Crippen LogP contribution in [0.5, 0.6) is 0 Å². The van der Waals surface area contributed by atoms with E-state index in [1.807, 2.05) is 60.7 Å². The van der Waals surface area contributed by atoms with E-state index in [1.165, 1.54) is 0 Å². The molecule has 0 aliphatic rings. The minimum atomic E-state index is -0.346. The summed E-state index contributed by atoms with van der Waals surface area (Å²) in [6, 6.07) is 18.7. The number of carbonyl (C=O) groups is 1. The fourth-order valence-corrected chi connectivity index (χ4v) is 1.98. The Morgan fingerprint density at radius 1 is 1.05 bits per heavy atom. The Bertz CT molecular complexity index is 627. The Balaban J connectivity index is 2.04. The Hall–Kier alpha value is -2.57. The van der Waals surface area contributed by atoms with Crippen LogP contribution < -0.4 is 5.32 Å². The lowest BCUT2D eigenvalue weighted by Gasteiger charge is -2.16. The lowest BCUT2D eigenvalue weighted by molar-refractivity contribution is -0.116. The molecule has 3 nitrogen and oxygen atoms in total. The zero-order chi connectivity index (χ0) is 14.9. The maximum Gasteiger partial charge on any atom is 0.296 e. The van der Waals surface area contributed by atoms with E-state index >= 15 is 0 Å². The number of hydrogen-bond acceptors (Lipinski definition) is 2. The molecule has 21 heavy (non-hydrogen) atoms. The van der Waals surface area contributed by atoms with Crippen molar-refractivity contribution in [3.05, 3.63) is 71.8 Å². The van der Waals surface area contributed by atoms with Gasteiger partial charge in [0, 0.05) is 18.1 Å².